The van der Waals surface area contributed by atoms with Crippen LogP contribution in [0.4, 0.5) is 0 Å². The number of unbranched alkanes of at least 4 members (excludes halogenated alkanes) is 2. The topological polar surface area (TPSA) is 43.1 Å². The largest absolute Gasteiger partial charge is 0.366 e. The first-order valence-electron chi connectivity index (χ1n) is 7.74. The Bertz CT molecular complexity index is 422. The predicted molar refractivity (Wildman–Crippen MR) is 85.5 cm³/mol. The van der Waals surface area contributed by atoms with E-state index in [1.165, 1.54) is 5.56 Å². The number of hydrogen-bond acceptors (Lipinski definition) is 1. The summed E-state index contributed by atoms with van der Waals surface area (Å²) in [4.78, 5) is 11.6. The molecule has 1 unspecified atom stereocenters. The summed E-state index contributed by atoms with van der Waals surface area (Å²) in [5, 5.41) is 0. The highest BCUT2D eigenvalue weighted by Gasteiger charge is 2.12. The number of rotatable bonds is 9. The Labute approximate surface area is 123 Å². The minimum absolute atomic E-state index is 0.268. The normalized spacial score (nSPS) is 13.2. The van der Waals surface area contributed by atoms with E-state index in [9.17, 15) is 4.79 Å². The van der Waals surface area contributed by atoms with Gasteiger partial charge < -0.3 is 5.73 Å². The fourth-order valence-corrected chi connectivity index (χ4v) is 2.37. The van der Waals surface area contributed by atoms with Crippen molar-refractivity contribution in [2.45, 2.75) is 58.3 Å². The minimum atomic E-state index is -0.268. The maximum absolute atomic E-state index is 11.6. The van der Waals surface area contributed by atoms with Crippen LogP contribution in [0.2, 0.25) is 0 Å². The molecule has 0 saturated carbocycles. The van der Waals surface area contributed by atoms with Crippen LogP contribution in [0, 0.1) is 0 Å². The highest BCUT2D eigenvalue weighted by molar-refractivity contribution is 5.92. The molecule has 0 heterocycles. The molecular weight excluding hydrogens is 246 g/mol. The average molecular weight is 273 g/mol. The summed E-state index contributed by atoms with van der Waals surface area (Å²) in [6, 6.07) is 10.4. The molecule has 0 spiro atoms. The Morgan fingerprint density at radius 3 is 2.35 bits per heavy atom. The van der Waals surface area contributed by atoms with E-state index in [-0.39, 0.29) is 5.91 Å². The summed E-state index contributed by atoms with van der Waals surface area (Å²) in [5.74, 6) is 0.0337. The zero-order valence-electron chi connectivity index (χ0n) is 12.8. The molecular formula is C18H27NO. The molecule has 2 heteroatoms. The molecule has 0 aliphatic carbocycles. The van der Waals surface area contributed by atoms with Gasteiger partial charge in [0.1, 0.15) is 0 Å². The van der Waals surface area contributed by atoms with Crippen LogP contribution in [0.15, 0.2) is 42.0 Å². The van der Waals surface area contributed by atoms with E-state index in [4.69, 9.17) is 5.73 Å². The van der Waals surface area contributed by atoms with E-state index in [0.29, 0.717) is 5.92 Å². The van der Waals surface area contributed by atoms with Crippen molar-refractivity contribution in [1.29, 1.82) is 0 Å². The predicted octanol–water partition coefficient (Wildman–Crippen LogP) is 4.56. The Hall–Kier alpha value is -1.57. The summed E-state index contributed by atoms with van der Waals surface area (Å²) in [6.45, 7) is 4.32. The fraction of sp³-hybridized carbons (Fsp3) is 0.500. The van der Waals surface area contributed by atoms with Crippen molar-refractivity contribution in [3.05, 3.63) is 47.5 Å². The Balaban J connectivity index is 2.93. The maximum atomic E-state index is 11.6. The van der Waals surface area contributed by atoms with Crippen LogP contribution in [-0.2, 0) is 4.79 Å². The first-order valence-corrected chi connectivity index (χ1v) is 7.74. The van der Waals surface area contributed by atoms with Gasteiger partial charge in [0.15, 0.2) is 0 Å². The molecule has 0 aliphatic heterocycles. The molecule has 1 aromatic rings. The van der Waals surface area contributed by atoms with Gasteiger partial charge in [0.2, 0.25) is 5.91 Å². The first-order chi connectivity index (χ1) is 9.69. The van der Waals surface area contributed by atoms with E-state index in [2.05, 4.69) is 44.2 Å². The Kier molecular flexibility index (Phi) is 7.71. The lowest BCUT2D eigenvalue weighted by Crippen LogP contribution is -2.15. The molecule has 1 aromatic carbocycles. The Morgan fingerprint density at radius 2 is 1.80 bits per heavy atom. The molecule has 2 N–H and O–H groups in total. The standard InChI is InChI=1S/C18H27NO/c1-3-5-10-16(15-12-8-7-9-13-15)14-17(18(19)20)11-6-4-2/h7-9,12-14,16H,3-6,10-11H2,1-2H3,(H2,19,20). The SMILES string of the molecule is CCCCC(=CC(CCCC)c1ccccc1)C(N)=O. The van der Waals surface area contributed by atoms with Crippen LogP contribution < -0.4 is 5.73 Å². The van der Waals surface area contributed by atoms with Crippen LogP contribution in [-0.4, -0.2) is 5.91 Å². The third kappa shape index (κ3) is 5.60. The number of benzene rings is 1. The van der Waals surface area contributed by atoms with E-state index in [0.717, 1.165) is 44.1 Å². The van der Waals surface area contributed by atoms with Crippen molar-refractivity contribution in [3.8, 4) is 0 Å². The van der Waals surface area contributed by atoms with Crippen molar-refractivity contribution >= 4 is 5.91 Å². The van der Waals surface area contributed by atoms with Crippen LogP contribution in [0.3, 0.4) is 0 Å². The zero-order valence-corrected chi connectivity index (χ0v) is 12.8. The van der Waals surface area contributed by atoms with E-state index >= 15 is 0 Å². The lowest BCUT2D eigenvalue weighted by molar-refractivity contribution is -0.114. The molecule has 1 rings (SSSR count). The van der Waals surface area contributed by atoms with Gasteiger partial charge in [0.05, 0.1) is 0 Å². The molecule has 0 fully saturated rings. The average Bonchev–Trinajstić information content (AvgIpc) is 2.47. The number of amides is 1. The number of nitrogens with two attached hydrogens (primary N) is 1. The van der Waals surface area contributed by atoms with Crippen LogP contribution >= 0.6 is 0 Å². The number of hydrogen-bond donors (Lipinski definition) is 1. The van der Waals surface area contributed by atoms with Gasteiger partial charge in [0.25, 0.3) is 0 Å². The van der Waals surface area contributed by atoms with Gasteiger partial charge >= 0.3 is 0 Å². The summed E-state index contributed by atoms with van der Waals surface area (Å²) in [6.07, 6.45) is 8.39. The minimum Gasteiger partial charge on any atom is -0.366 e. The van der Waals surface area contributed by atoms with E-state index in [1.807, 2.05) is 6.07 Å². The Morgan fingerprint density at radius 1 is 1.15 bits per heavy atom. The molecule has 2 nitrogen and oxygen atoms in total. The van der Waals surface area contributed by atoms with Crippen molar-refractivity contribution in [1.82, 2.24) is 0 Å². The highest BCUT2D eigenvalue weighted by atomic mass is 16.1. The summed E-state index contributed by atoms with van der Waals surface area (Å²) < 4.78 is 0. The second kappa shape index (κ2) is 9.35. The van der Waals surface area contributed by atoms with Gasteiger partial charge in [-0.05, 0) is 24.8 Å². The van der Waals surface area contributed by atoms with Gasteiger partial charge in [-0.1, -0.05) is 69.5 Å². The number of carbonyl (C=O) groups excluding carboxylic acids is 1. The quantitative estimate of drug-likeness (QED) is 0.658. The van der Waals surface area contributed by atoms with Crippen LogP contribution in [0.1, 0.15) is 63.9 Å². The van der Waals surface area contributed by atoms with Crippen LogP contribution in [0.5, 0.6) is 0 Å². The van der Waals surface area contributed by atoms with Gasteiger partial charge in [-0.3, -0.25) is 4.79 Å². The number of carbonyl (C=O) groups is 1. The molecule has 0 bridgehead atoms. The molecule has 0 saturated heterocycles. The molecule has 0 radical (unpaired) electrons. The first kappa shape index (κ1) is 16.5. The van der Waals surface area contributed by atoms with Crippen LogP contribution in [0.25, 0.3) is 0 Å². The number of primary amides is 1. The molecule has 0 aliphatic rings. The van der Waals surface area contributed by atoms with Crippen molar-refractivity contribution in [3.63, 3.8) is 0 Å². The fourth-order valence-electron chi connectivity index (χ4n) is 2.37. The zero-order chi connectivity index (χ0) is 14.8. The molecule has 1 atom stereocenters. The molecule has 0 aromatic heterocycles. The van der Waals surface area contributed by atoms with Crippen molar-refractivity contribution < 1.29 is 4.79 Å². The monoisotopic (exact) mass is 273 g/mol. The molecule has 110 valence electrons. The summed E-state index contributed by atoms with van der Waals surface area (Å²) >= 11 is 0. The lowest BCUT2D eigenvalue weighted by Gasteiger charge is -2.15. The third-order valence-electron chi connectivity index (χ3n) is 3.61. The van der Waals surface area contributed by atoms with Crippen molar-refractivity contribution in [2.75, 3.05) is 0 Å². The molecule has 20 heavy (non-hydrogen) atoms. The summed E-state index contributed by atoms with van der Waals surface area (Å²) in [5.41, 5.74) is 7.59. The smallest absolute Gasteiger partial charge is 0.244 e. The van der Waals surface area contributed by atoms with Gasteiger partial charge in [-0.2, -0.15) is 0 Å². The van der Waals surface area contributed by atoms with E-state index < -0.39 is 0 Å². The highest BCUT2D eigenvalue weighted by Crippen LogP contribution is 2.26. The van der Waals surface area contributed by atoms with E-state index in [1.54, 1.807) is 0 Å². The van der Waals surface area contributed by atoms with Gasteiger partial charge in [0, 0.05) is 11.5 Å². The van der Waals surface area contributed by atoms with Gasteiger partial charge in [-0.15, -0.1) is 0 Å². The third-order valence-corrected chi connectivity index (χ3v) is 3.61. The summed E-state index contributed by atoms with van der Waals surface area (Å²) in [7, 11) is 0. The second-order valence-electron chi connectivity index (χ2n) is 5.32. The second-order valence-corrected chi connectivity index (χ2v) is 5.32. The molecule has 1 amide bonds. The lowest BCUT2D eigenvalue weighted by atomic mass is 9.90. The maximum Gasteiger partial charge on any atom is 0.244 e. The number of allylic oxidation sites excluding steroid dienone is 1. The van der Waals surface area contributed by atoms with Crippen molar-refractivity contribution in [2.24, 2.45) is 5.73 Å². The van der Waals surface area contributed by atoms with Gasteiger partial charge in [-0.25, -0.2) is 0 Å².